The van der Waals surface area contributed by atoms with Crippen LogP contribution in [0.5, 0.6) is 0 Å². The van der Waals surface area contributed by atoms with Crippen molar-refractivity contribution in [3.63, 3.8) is 0 Å². The van der Waals surface area contributed by atoms with E-state index in [4.69, 9.17) is 5.11 Å². The minimum atomic E-state index is -1.15. The number of nitrogens with one attached hydrogen (secondary N) is 1. The molecule has 0 saturated carbocycles. The van der Waals surface area contributed by atoms with Crippen LogP contribution in [-0.4, -0.2) is 23.6 Å². The van der Waals surface area contributed by atoms with Crippen molar-refractivity contribution in [3.8, 4) is 0 Å². The van der Waals surface area contributed by atoms with Crippen LogP contribution in [0.4, 0.5) is 0 Å². The van der Waals surface area contributed by atoms with Crippen molar-refractivity contribution >= 4 is 27.8 Å². The van der Waals surface area contributed by atoms with E-state index >= 15 is 0 Å². The van der Waals surface area contributed by atoms with E-state index < -0.39 is 18.5 Å². The largest absolute Gasteiger partial charge is 0.479 e. The van der Waals surface area contributed by atoms with Crippen LogP contribution in [0.1, 0.15) is 10.4 Å². The number of carbonyl (C=O) groups is 2. The zero-order chi connectivity index (χ0) is 11.3. The molecule has 0 fully saturated rings. The first kappa shape index (κ1) is 11.7. The van der Waals surface area contributed by atoms with E-state index in [2.05, 4.69) is 20.8 Å². The molecule has 80 valence electrons. The van der Waals surface area contributed by atoms with Gasteiger partial charge >= 0.3 is 5.97 Å². The summed E-state index contributed by atoms with van der Waals surface area (Å²) in [5.74, 6) is -1.64. The lowest BCUT2D eigenvalue weighted by Gasteiger charge is -2.03. The molecule has 6 heteroatoms. The molecule has 0 aromatic heterocycles. The van der Waals surface area contributed by atoms with Crippen LogP contribution in [0, 0.1) is 0 Å². The molecule has 0 radical (unpaired) electrons. The van der Waals surface area contributed by atoms with Gasteiger partial charge in [-0.2, -0.15) is 0 Å². The van der Waals surface area contributed by atoms with Crippen LogP contribution in [-0.2, 0) is 9.63 Å². The predicted octanol–water partition coefficient (Wildman–Crippen LogP) is 1.20. The van der Waals surface area contributed by atoms with Gasteiger partial charge in [-0.15, -0.1) is 0 Å². The molecule has 0 aliphatic rings. The number of halogens is 1. The number of hydroxylamine groups is 1. The Labute approximate surface area is 94.1 Å². The summed E-state index contributed by atoms with van der Waals surface area (Å²) in [4.78, 5) is 25.9. The first-order valence-electron chi connectivity index (χ1n) is 3.99. The average molecular weight is 274 g/mol. The van der Waals surface area contributed by atoms with Crippen LogP contribution in [0.3, 0.4) is 0 Å². The number of rotatable bonds is 4. The third kappa shape index (κ3) is 4.09. The van der Waals surface area contributed by atoms with Crippen LogP contribution >= 0.6 is 15.9 Å². The Morgan fingerprint density at radius 3 is 2.80 bits per heavy atom. The minimum absolute atomic E-state index is 0.384. The molecule has 1 aromatic rings. The maximum absolute atomic E-state index is 11.3. The van der Waals surface area contributed by atoms with Gasteiger partial charge in [0.25, 0.3) is 5.91 Å². The Balaban J connectivity index is 2.50. The van der Waals surface area contributed by atoms with E-state index in [1.54, 1.807) is 24.3 Å². The van der Waals surface area contributed by atoms with Crippen LogP contribution in [0.15, 0.2) is 28.7 Å². The highest BCUT2D eigenvalue weighted by molar-refractivity contribution is 9.10. The van der Waals surface area contributed by atoms with Gasteiger partial charge < -0.3 is 5.11 Å². The van der Waals surface area contributed by atoms with Gasteiger partial charge in [-0.25, -0.2) is 10.3 Å². The second-order valence-electron chi connectivity index (χ2n) is 2.62. The fourth-order valence-corrected chi connectivity index (χ4v) is 1.25. The number of carboxylic acid groups (broad SMARTS) is 1. The minimum Gasteiger partial charge on any atom is -0.479 e. The summed E-state index contributed by atoms with van der Waals surface area (Å²) in [6.45, 7) is -0.570. The van der Waals surface area contributed by atoms with Gasteiger partial charge in [-0.3, -0.25) is 9.63 Å². The van der Waals surface area contributed by atoms with Gasteiger partial charge in [0.1, 0.15) is 0 Å². The molecule has 0 atom stereocenters. The smallest absolute Gasteiger partial charge is 0.332 e. The summed E-state index contributed by atoms with van der Waals surface area (Å²) in [5, 5.41) is 8.26. The van der Waals surface area contributed by atoms with E-state index in [1.807, 2.05) is 5.48 Å². The van der Waals surface area contributed by atoms with E-state index in [0.717, 1.165) is 4.47 Å². The zero-order valence-corrected chi connectivity index (χ0v) is 9.15. The first-order valence-corrected chi connectivity index (χ1v) is 4.78. The first-order chi connectivity index (χ1) is 7.09. The van der Waals surface area contributed by atoms with Crippen molar-refractivity contribution in [3.05, 3.63) is 34.3 Å². The number of benzene rings is 1. The molecule has 15 heavy (non-hydrogen) atoms. The predicted molar refractivity (Wildman–Crippen MR) is 55.2 cm³/mol. The van der Waals surface area contributed by atoms with Crippen LogP contribution in [0.25, 0.3) is 0 Å². The van der Waals surface area contributed by atoms with Crippen molar-refractivity contribution < 1.29 is 19.5 Å². The van der Waals surface area contributed by atoms with E-state index in [0.29, 0.717) is 5.56 Å². The Morgan fingerprint density at radius 1 is 1.47 bits per heavy atom. The molecule has 1 aromatic carbocycles. The van der Waals surface area contributed by atoms with E-state index in [1.165, 1.54) is 0 Å². The van der Waals surface area contributed by atoms with Gasteiger partial charge in [0, 0.05) is 10.0 Å². The summed E-state index contributed by atoms with van der Waals surface area (Å²) in [6.07, 6.45) is 0. The summed E-state index contributed by atoms with van der Waals surface area (Å²) in [7, 11) is 0. The number of hydrogen-bond donors (Lipinski definition) is 2. The Bertz CT molecular complexity index is 380. The summed E-state index contributed by atoms with van der Waals surface area (Å²) in [5.41, 5.74) is 2.40. The monoisotopic (exact) mass is 273 g/mol. The lowest BCUT2D eigenvalue weighted by Crippen LogP contribution is -2.26. The molecule has 0 aliphatic carbocycles. The standard InChI is InChI=1S/C9H8BrNO4/c10-7-3-1-2-6(4-7)9(14)11-15-5-8(12)13/h1-4H,5H2,(H,11,14)(H,12,13). The van der Waals surface area contributed by atoms with Gasteiger partial charge in [0.2, 0.25) is 0 Å². The SMILES string of the molecule is O=C(O)CONC(=O)c1cccc(Br)c1. The molecular formula is C9H8BrNO4. The summed E-state index contributed by atoms with van der Waals surface area (Å²) >= 11 is 3.21. The van der Waals surface area contributed by atoms with Crippen molar-refractivity contribution in [2.24, 2.45) is 0 Å². The molecule has 5 nitrogen and oxygen atoms in total. The lowest BCUT2D eigenvalue weighted by molar-refractivity contribution is -0.144. The zero-order valence-electron chi connectivity index (χ0n) is 7.57. The normalized spacial score (nSPS) is 9.67. The average Bonchev–Trinajstić information content (AvgIpc) is 2.17. The summed E-state index contributed by atoms with van der Waals surface area (Å²) < 4.78 is 0.758. The van der Waals surface area contributed by atoms with E-state index in [-0.39, 0.29) is 0 Å². The molecule has 0 heterocycles. The number of aliphatic carboxylic acids is 1. The molecule has 0 saturated heterocycles. The second kappa shape index (κ2) is 5.47. The van der Waals surface area contributed by atoms with Gasteiger partial charge in [0.05, 0.1) is 0 Å². The molecule has 0 unspecified atom stereocenters. The molecule has 0 aliphatic heterocycles. The third-order valence-corrected chi connectivity index (χ3v) is 1.94. The van der Waals surface area contributed by atoms with Crippen LogP contribution in [0.2, 0.25) is 0 Å². The van der Waals surface area contributed by atoms with Gasteiger partial charge in [-0.05, 0) is 18.2 Å². The number of carboxylic acids is 1. The fraction of sp³-hybridized carbons (Fsp3) is 0.111. The lowest BCUT2D eigenvalue weighted by atomic mass is 10.2. The van der Waals surface area contributed by atoms with Crippen molar-refractivity contribution in [1.82, 2.24) is 5.48 Å². The number of carbonyl (C=O) groups excluding carboxylic acids is 1. The highest BCUT2D eigenvalue weighted by Crippen LogP contribution is 2.11. The maximum atomic E-state index is 11.3. The van der Waals surface area contributed by atoms with Gasteiger partial charge in [0.15, 0.2) is 6.61 Å². The highest BCUT2D eigenvalue weighted by atomic mass is 79.9. The van der Waals surface area contributed by atoms with Crippen molar-refractivity contribution in [1.29, 1.82) is 0 Å². The molecule has 0 bridgehead atoms. The number of hydrogen-bond acceptors (Lipinski definition) is 3. The third-order valence-electron chi connectivity index (χ3n) is 1.45. The fourth-order valence-electron chi connectivity index (χ4n) is 0.852. The van der Waals surface area contributed by atoms with E-state index in [9.17, 15) is 9.59 Å². The molecule has 2 N–H and O–H groups in total. The van der Waals surface area contributed by atoms with Crippen molar-refractivity contribution in [2.75, 3.05) is 6.61 Å². The van der Waals surface area contributed by atoms with Gasteiger partial charge in [-0.1, -0.05) is 22.0 Å². The highest BCUT2D eigenvalue weighted by Gasteiger charge is 2.06. The molecule has 0 spiro atoms. The second-order valence-corrected chi connectivity index (χ2v) is 3.54. The van der Waals surface area contributed by atoms with Crippen LogP contribution < -0.4 is 5.48 Å². The molecule has 1 rings (SSSR count). The maximum Gasteiger partial charge on any atom is 0.332 e. The quantitative estimate of drug-likeness (QED) is 0.809. The molecule has 1 amide bonds. The topological polar surface area (TPSA) is 75.6 Å². The molecular weight excluding hydrogens is 266 g/mol. The summed E-state index contributed by atoms with van der Waals surface area (Å²) in [6, 6.07) is 6.65. The Kier molecular flexibility index (Phi) is 4.26. The van der Waals surface area contributed by atoms with Crippen molar-refractivity contribution in [2.45, 2.75) is 0 Å². The Morgan fingerprint density at radius 2 is 2.20 bits per heavy atom. The number of amides is 1. The Hall–Kier alpha value is -1.40.